The van der Waals surface area contributed by atoms with E-state index < -0.39 is 0 Å². The van der Waals surface area contributed by atoms with Gasteiger partial charge in [-0.05, 0) is 30.9 Å². The number of hydrogen-bond acceptors (Lipinski definition) is 4. The van der Waals surface area contributed by atoms with Crippen molar-refractivity contribution >= 4 is 5.91 Å². The molecule has 0 bridgehead atoms. The summed E-state index contributed by atoms with van der Waals surface area (Å²) in [4.78, 5) is 11.0. The van der Waals surface area contributed by atoms with Gasteiger partial charge < -0.3 is 9.47 Å². The Morgan fingerprint density at radius 3 is 2.67 bits per heavy atom. The molecule has 0 atom stereocenters. The highest BCUT2D eigenvalue weighted by atomic mass is 16.5. The summed E-state index contributed by atoms with van der Waals surface area (Å²) < 4.78 is 10.4. The maximum Gasteiger partial charge on any atom is 0.233 e. The zero-order chi connectivity index (χ0) is 13.4. The first-order chi connectivity index (χ1) is 8.71. The van der Waals surface area contributed by atoms with Crippen LogP contribution < -0.4 is 20.7 Å². The molecule has 5 nitrogen and oxygen atoms in total. The summed E-state index contributed by atoms with van der Waals surface area (Å²) in [5.74, 6) is 6.47. The van der Waals surface area contributed by atoms with Gasteiger partial charge in [0.25, 0.3) is 0 Å². The second-order valence-electron chi connectivity index (χ2n) is 3.95. The molecule has 5 heteroatoms. The van der Waals surface area contributed by atoms with Crippen LogP contribution in [0.25, 0.3) is 0 Å². The molecule has 1 aromatic rings. The highest BCUT2D eigenvalue weighted by Crippen LogP contribution is 2.25. The normalized spacial score (nSPS) is 9.94. The topological polar surface area (TPSA) is 73.6 Å². The lowest BCUT2D eigenvalue weighted by Gasteiger charge is -2.10. The van der Waals surface area contributed by atoms with Crippen molar-refractivity contribution in [3.05, 3.63) is 23.8 Å². The van der Waals surface area contributed by atoms with Crippen LogP contribution in [-0.2, 0) is 11.2 Å². The molecule has 1 aromatic carbocycles. The lowest BCUT2D eigenvalue weighted by atomic mass is 10.1. The van der Waals surface area contributed by atoms with Crippen molar-refractivity contribution in [3.63, 3.8) is 0 Å². The Bertz CT molecular complexity index is 394. The van der Waals surface area contributed by atoms with Gasteiger partial charge in [0, 0.05) is 12.5 Å². The van der Waals surface area contributed by atoms with Crippen LogP contribution in [0, 0.1) is 0 Å². The fraction of sp³-hybridized carbons (Fsp3) is 0.462. The standard InChI is InChI=1S/C13H20N2O3/c1-17-11-8-7-10(12(9-11)18-2)5-3-4-6-13(16)15-14/h7-9H,3-6,14H2,1-2H3,(H,15,16). The summed E-state index contributed by atoms with van der Waals surface area (Å²) in [7, 11) is 3.26. The quantitative estimate of drug-likeness (QED) is 0.333. The minimum absolute atomic E-state index is 0.128. The van der Waals surface area contributed by atoms with E-state index in [9.17, 15) is 4.79 Å². The van der Waals surface area contributed by atoms with Crippen LogP contribution in [0.5, 0.6) is 11.5 Å². The molecule has 0 fully saturated rings. The van der Waals surface area contributed by atoms with E-state index in [4.69, 9.17) is 15.3 Å². The van der Waals surface area contributed by atoms with E-state index in [0.717, 1.165) is 36.3 Å². The summed E-state index contributed by atoms with van der Waals surface area (Å²) in [5, 5.41) is 0. The molecule has 3 N–H and O–H groups in total. The van der Waals surface area contributed by atoms with E-state index in [1.54, 1.807) is 14.2 Å². The second kappa shape index (κ2) is 7.55. The van der Waals surface area contributed by atoms with Crippen molar-refractivity contribution < 1.29 is 14.3 Å². The van der Waals surface area contributed by atoms with Crippen molar-refractivity contribution in [1.29, 1.82) is 0 Å². The molecule has 1 rings (SSSR count). The molecule has 0 saturated carbocycles. The number of carbonyl (C=O) groups is 1. The third-order valence-electron chi connectivity index (χ3n) is 2.76. The van der Waals surface area contributed by atoms with E-state index in [1.165, 1.54) is 0 Å². The van der Waals surface area contributed by atoms with Crippen molar-refractivity contribution in [3.8, 4) is 11.5 Å². The Balaban J connectivity index is 2.49. The van der Waals surface area contributed by atoms with E-state index >= 15 is 0 Å². The first-order valence-corrected chi connectivity index (χ1v) is 5.91. The second-order valence-corrected chi connectivity index (χ2v) is 3.95. The van der Waals surface area contributed by atoms with E-state index in [2.05, 4.69) is 5.43 Å². The molecule has 0 aromatic heterocycles. The molecule has 0 spiro atoms. The van der Waals surface area contributed by atoms with Crippen molar-refractivity contribution in [2.75, 3.05) is 14.2 Å². The van der Waals surface area contributed by atoms with E-state index in [0.29, 0.717) is 6.42 Å². The highest BCUT2D eigenvalue weighted by Gasteiger charge is 2.05. The number of aryl methyl sites for hydroxylation is 1. The average Bonchev–Trinajstić information content (AvgIpc) is 2.43. The number of unbranched alkanes of at least 4 members (excludes halogenated alkanes) is 1. The van der Waals surface area contributed by atoms with Gasteiger partial charge in [0.05, 0.1) is 14.2 Å². The molecule has 0 aliphatic rings. The number of benzene rings is 1. The number of rotatable bonds is 7. The third-order valence-corrected chi connectivity index (χ3v) is 2.76. The lowest BCUT2D eigenvalue weighted by Crippen LogP contribution is -2.29. The van der Waals surface area contributed by atoms with Gasteiger partial charge in [-0.3, -0.25) is 10.2 Å². The summed E-state index contributed by atoms with van der Waals surface area (Å²) in [5.41, 5.74) is 3.24. The Kier molecular flexibility index (Phi) is 6.00. The predicted molar refractivity (Wildman–Crippen MR) is 69.4 cm³/mol. The number of hydrogen-bond donors (Lipinski definition) is 2. The van der Waals surface area contributed by atoms with Crippen LogP contribution in [0.15, 0.2) is 18.2 Å². The fourth-order valence-corrected chi connectivity index (χ4v) is 1.73. The summed E-state index contributed by atoms with van der Waals surface area (Å²) in [6.45, 7) is 0. The Morgan fingerprint density at radius 1 is 1.28 bits per heavy atom. The minimum atomic E-state index is -0.128. The number of nitrogens with two attached hydrogens (primary N) is 1. The van der Waals surface area contributed by atoms with Gasteiger partial charge in [-0.15, -0.1) is 0 Å². The molecule has 0 aliphatic heterocycles. The van der Waals surface area contributed by atoms with Gasteiger partial charge in [0.1, 0.15) is 11.5 Å². The summed E-state index contributed by atoms with van der Waals surface area (Å²) in [6.07, 6.45) is 3.04. The highest BCUT2D eigenvalue weighted by molar-refractivity contribution is 5.75. The first kappa shape index (κ1) is 14.3. The van der Waals surface area contributed by atoms with Crippen LogP contribution in [0.2, 0.25) is 0 Å². The number of ether oxygens (including phenoxy) is 2. The SMILES string of the molecule is COc1ccc(CCCCC(=O)NN)c(OC)c1. The molecule has 0 radical (unpaired) electrons. The van der Waals surface area contributed by atoms with Crippen LogP contribution in [0.4, 0.5) is 0 Å². The smallest absolute Gasteiger partial charge is 0.233 e. The number of carbonyl (C=O) groups excluding carboxylic acids is 1. The molecule has 18 heavy (non-hydrogen) atoms. The molecule has 100 valence electrons. The Morgan fingerprint density at radius 2 is 2.06 bits per heavy atom. The predicted octanol–water partition coefficient (Wildman–Crippen LogP) is 1.41. The fourth-order valence-electron chi connectivity index (χ4n) is 1.73. The third kappa shape index (κ3) is 4.25. The largest absolute Gasteiger partial charge is 0.497 e. The molecule has 0 unspecified atom stereocenters. The monoisotopic (exact) mass is 252 g/mol. The summed E-state index contributed by atoms with van der Waals surface area (Å²) in [6, 6.07) is 5.76. The Hall–Kier alpha value is -1.75. The molecule has 0 aliphatic carbocycles. The van der Waals surface area contributed by atoms with Crippen LogP contribution in [-0.4, -0.2) is 20.1 Å². The van der Waals surface area contributed by atoms with E-state index in [1.807, 2.05) is 18.2 Å². The van der Waals surface area contributed by atoms with Gasteiger partial charge in [-0.1, -0.05) is 6.07 Å². The van der Waals surface area contributed by atoms with Crippen molar-refractivity contribution in [2.45, 2.75) is 25.7 Å². The number of hydrazine groups is 1. The van der Waals surface area contributed by atoms with Gasteiger partial charge in [-0.2, -0.15) is 0 Å². The molecular formula is C13H20N2O3. The average molecular weight is 252 g/mol. The van der Waals surface area contributed by atoms with E-state index in [-0.39, 0.29) is 5.91 Å². The Labute approximate surface area is 107 Å². The molecular weight excluding hydrogens is 232 g/mol. The molecule has 0 heterocycles. The van der Waals surface area contributed by atoms with Crippen molar-refractivity contribution in [2.24, 2.45) is 5.84 Å². The zero-order valence-electron chi connectivity index (χ0n) is 10.9. The molecule has 0 saturated heterocycles. The van der Waals surface area contributed by atoms with Crippen LogP contribution >= 0.6 is 0 Å². The van der Waals surface area contributed by atoms with Gasteiger partial charge in [-0.25, -0.2) is 5.84 Å². The molecule has 1 amide bonds. The van der Waals surface area contributed by atoms with Gasteiger partial charge >= 0.3 is 0 Å². The van der Waals surface area contributed by atoms with Gasteiger partial charge in [0.15, 0.2) is 0 Å². The maximum atomic E-state index is 11.0. The number of nitrogens with one attached hydrogen (secondary N) is 1. The summed E-state index contributed by atoms with van der Waals surface area (Å²) >= 11 is 0. The zero-order valence-corrected chi connectivity index (χ0v) is 10.9. The maximum absolute atomic E-state index is 11.0. The lowest BCUT2D eigenvalue weighted by molar-refractivity contribution is -0.121. The number of methoxy groups -OCH3 is 2. The number of amides is 1. The van der Waals surface area contributed by atoms with Crippen molar-refractivity contribution in [1.82, 2.24) is 5.43 Å². The minimum Gasteiger partial charge on any atom is -0.497 e. The van der Waals surface area contributed by atoms with Crippen LogP contribution in [0.1, 0.15) is 24.8 Å². The van der Waals surface area contributed by atoms with Crippen LogP contribution in [0.3, 0.4) is 0 Å². The first-order valence-electron chi connectivity index (χ1n) is 5.91. The van der Waals surface area contributed by atoms with Gasteiger partial charge in [0.2, 0.25) is 5.91 Å².